The molecule has 2 aromatic rings. The van der Waals surface area contributed by atoms with Gasteiger partial charge < -0.3 is 15.8 Å². The van der Waals surface area contributed by atoms with Crippen molar-refractivity contribution in [2.45, 2.75) is 59.0 Å². The molecule has 1 saturated heterocycles. The number of halogens is 1. The first-order valence-electron chi connectivity index (χ1n) is 14.6. The number of nitrogen functional groups attached to an aromatic ring is 1. The Bertz CT molecular complexity index is 1300. The summed E-state index contributed by atoms with van der Waals surface area (Å²) in [6.45, 7) is 13.9. The molecule has 4 rings (SSSR count). The van der Waals surface area contributed by atoms with Crippen LogP contribution in [0.2, 0.25) is 0 Å². The van der Waals surface area contributed by atoms with Gasteiger partial charge in [-0.05, 0) is 116 Å². The summed E-state index contributed by atoms with van der Waals surface area (Å²) in [4.78, 5) is 2.29. The van der Waals surface area contributed by atoms with Gasteiger partial charge in [0, 0.05) is 37.6 Å². The number of benzene rings is 2. The fraction of sp³-hybridized carbons (Fsp3) is 0.412. The van der Waals surface area contributed by atoms with Crippen LogP contribution in [-0.2, 0) is 6.42 Å². The molecule has 1 aliphatic carbocycles. The van der Waals surface area contributed by atoms with E-state index in [9.17, 15) is 4.39 Å². The Labute approximate surface area is 242 Å². The van der Waals surface area contributed by atoms with E-state index in [1.807, 2.05) is 6.07 Å². The number of anilines is 1. The summed E-state index contributed by atoms with van der Waals surface area (Å²) in [6, 6.07) is 12.8. The van der Waals surface area contributed by atoms with E-state index in [0.717, 1.165) is 85.4 Å². The smallest absolute Gasteiger partial charge is 0.119 e. The Morgan fingerprint density at radius 1 is 1.18 bits per heavy atom. The lowest BCUT2D eigenvalue weighted by Gasteiger charge is -2.21. The van der Waals surface area contributed by atoms with Crippen LogP contribution in [0.25, 0.3) is 5.57 Å². The van der Waals surface area contributed by atoms with Gasteiger partial charge in [-0.15, -0.1) is 9.24 Å². The first-order chi connectivity index (χ1) is 19.3. The van der Waals surface area contributed by atoms with Crippen molar-refractivity contribution in [1.29, 1.82) is 0 Å². The highest BCUT2D eigenvalue weighted by Gasteiger charge is 2.25. The van der Waals surface area contributed by atoms with Crippen LogP contribution in [0.1, 0.15) is 63.1 Å². The molecule has 4 nitrogen and oxygen atoms in total. The highest BCUT2D eigenvalue weighted by molar-refractivity contribution is 7.28. The van der Waals surface area contributed by atoms with E-state index >= 15 is 0 Å². The minimum Gasteiger partial charge on any atom is -0.489 e. The van der Waals surface area contributed by atoms with Crippen molar-refractivity contribution in [3.63, 3.8) is 0 Å². The van der Waals surface area contributed by atoms with Gasteiger partial charge in [0.15, 0.2) is 0 Å². The fourth-order valence-corrected chi connectivity index (χ4v) is 6.23. The Hall–Kier alpha value is -2.88. The third kappa shape index (κ3) is 7.25. The monoisotopic (exact) mass is 561 g/mol. The van der Waals surface area contributed by atoms with Crippen LogP contribution in [0.15, 0.2) is 77.5 Å². The molecule has 0 spiro atoms. The number of hydrogen-bond donors (Lipinski definition) is 2. The second kappa shape index (κ2) is 14.1. The van der Waals surface area contributed by atoms with E-state index in [1.54, 1.807) is 0 Å². The lowest BCUT2D eigenvalue weighted by molar-refractivity contribution is 0.198. The van der Waals surface area contributed by atoms with Crippen LogP contribution in [0, 0.1) is 0 Å². The first-order valence-corrected chi connectivity index (χ1v) is 15.1. The number of nitrogens with one attached hydrogen (secondary N) is 1. The summed E-state index contributed by atoms with van der Waals surface area (Å²) in [6.07, 6.45) is 9.05. The Morgan fingerprint density at radius 3 is 2.65 bits per heavy atom. The maximum atomic E-state index is 12.6. The van der Waals surface area contributed by atoms with Crippen LogP contribution >= 0.6 is 9.24 Å². The molecule has 2 aromatic carbocycles. The highest BCUT2D eigenvalue weighted by atomic mass is 31.0. The maximum absolute atomic E-state index is 12.6. The fourth-order valence-electron chi connectivity index (χ4n) is 5.83. The number of fused-ring (bicyclic) bond motifs is 1. The van der Waals surface area contributed by atoms with Gasteiger partial charge in [0.2, 0.25) is 0 Å². The molecule has 40 heavy (non-hydrogen) atoms. The molecule has 2 atom stereocenters. The van der Waals surface area contributed by atoms with Gasteiger partial charge in [0.05, 0.1) is 6.67 Å². The van der Waals surface area contributed by atoms with E-state index in [1.165, 1.54) is 27.8 Å². The molecule has 2 unspecified atom stereocenters. The van der Waals surface area contributed by atoms with E-state index in [2.05, 4.69) is 89.3 Å². The minimum atomic E-state index is -0.261. The predicted octanol–water partition coefficient (Wildman–Crippen LogP) is 6.74. The number of likely N-dealkylation sites (tertiary alicyclic amines) is 1. The topological polar surface area (TPSA) is 50.5 Å². The molecule has 0 saturated carbocycles. The summed E-state index contributed by atoms with van der Waals surface area (Å²) in [5.41, 5.74) is 16.8. The molecule has 0 amide bonds. The molecule has 0 radical (unpaired) electrons. The number of alkyl halides is 1. The third-order valence-electron chi connectivity index (χ3n) is 7.84. The van der Waals surface area contributed by atoms with Gasteiger partial charge in [0.25, 0.3) is 0 Å². The van der Waals surface area contributed by atoms with Gasteiger partial charge in [-0.1, -0.05) is 36.4 Å². The van der Waals surface area contributed by atoms with Crippen LogP contribution in [0.3, 0.4) is 0 Å². The Balaban J connectivity index is 1.74. The number of hydrogen-bond acceptors (Lipinski definition) is 4. The number of ether oxygens (including phenoxy) is 1. The highest BCUT2D eigenvalue weighted by Crippen LogP contribution is 2.40. The van der Waals surface area contributed by atoms with E-state index < -0.39 is 0 Å². The lowest BCUT2D eigenvalue weighted by atomic mass is 9.85. The van der Waals surface area contributed by atoms with E-state index in [4.69, 9.17) is 10.5 Å². The van der Waals surface area contributed by atoms with Crippen LogP contribution in [-0.4, -0.2) is 43.9 Å². The summed E-state index contributed by atoms with van der Waals surface area (Å²) in [7, 11) is 2.88. The van der Waals surface area contributed by atoms with Gasteiger partial charge >= 0.3 is 0 Å². The average Bonchev–Trinajstić information content (AvgIpc) is 3.29. The maximum Gasteiger partial charge on any atom is 0.119 e. The van der Waals surface area contributed by atoms with Crippen LogP contribution in [0.5, 0.6) is 5.75 Å². The first kappa shape index (κ1) is 30.1. The zero-order valence-corrected chi connectivity index (χ0v) is 25.5. The van der Waals surface area contributed by atoms with Crippen molar-refractivity contribution in [3.8, 4) is 5.75 Å². The summed E-state index contributed by atoms with van der Waals surface area (Å²) in [5, 5.41) is 4.49. The summed E-state index contributed by atoms with van der Waals surface area (Å²) >= 11 is 0. The van der Waals surface area contributed by atoms with Crippen molar-refractivity contribution in [2.24, 2.45) is 0 Å². The second-order valence-corrected chi connectivity index (χ2v) is 11.5. The molecular formula is C34H45FN3OP. The normalized spacial score (nSPS) is 18.5. The molecule has 0 bridgehead atoms. The minimum absolute atomic E-state index is 0.145. The van der Waals surface area contributed by atoms with Crippen molar-refractivity contribution in [3.05, 3.63) is 94.2 Å². The van der Waals surface area contributed by atoms with Gasteiger partial charge in [-0.3, -0.25) is 9.29 Å². The number of rotatable bonds is 11. The number of nitrogens with two attached hydrogens (primary N) is 1. The Morgan fingerprint density at radius 2 is 1.95 bits per heavy atom. The van der Waals surface area contributed by atoms with Gasteiger partial charge in [-0.25, -0.2) is 0 Å². The van der Waals surface area contributed by atoms with Crippen molar-refractivity contribution in [2.75, 3.05) is 38.6 Å². The van der Waals surface area contributed by atoms with Gasteiger partial charge in [0.1, 0.15) is 11.9 Å². The molecule has 3 N–H and O–H groups in total. The van der Waals surface area contributed by atoms with Gasteiger partial charge in [-0.2, -0.15) is 0 Å². The molecular weight excluding hydrogens is 516 g/mol. The molecule has 0 aromatic heterocycles. The number of allylic oxidation sites excluding steroid dienone is 6. The standard InChI is InChI=1S/C34H45FN3OP/c1-5-37-24(4)10-15-28(23(2)3)29-8-6-9-31-30(16-17-32(36)34(31)40)33(29)25-11-13-26(14-12-25)39-27-18-21-38(22-27)20-7-19-35/h10-17,27,37H,2,5-9,18-22,36,40H2,1,3-4H3/b24-10+,28-15+. The van der Waals surface area contributed by atoms with Crippen LogP contribution < -0.4 is 21.1 Å². The van der Waals surface area contributed by atoms with Crippen LogP contribution in [0.4, 0.5) is 10.1 Å². The van der Waals surface area contributed by atoms with E-state index in [-0.39, 0.29) is 12.8 Å². The summed E-state index contributed by atoms with van der Waals surface area (Å²) in [5.74, 6) is 0.876. The quantitative estimate of drug-likeness (QED) is 0.181. The molecule has 2 aliphatic rings. The molecule has 6 heteroatoms. The van der Waals surface area contributed by atoms with Crippen molar-refractivity contribution < 1.29 is 9.13 Å². The van der Waals surface area contributed by atoms with Crippen molar-refractivity contribution >= 4 is 25.8 Å². The predicted molar refractivity (Wildman–Crippen MR) is 172 cm³/mol. The molecule has 1 heterocycles. The largest absolute Gasteiger partial charge is 0.489 e. The zero-order valence-electron chi connectivity index (χ0n) is 24.4. The second-order valence-electron chi connectivity index (χ2n) is 10.9. The van der Waals surface area contributed by atoms with E-state index in [0.29, 0.717) is 6.42 Å². The third-order valence-corrected chi connectivity index (χ3v) is 8.52. The molecule has 1 fully saturated rings. The Kier molecular flexibility index (Phi) is 10.6. The average molecular weight is 562 g/mol. The molecule has 214 valence electrons. The molecule has 1 aliphatic heterocycles. The lowest BCUT2D eigenvalue weighted by Crippen LogP contribution is -2.26. The number of nitrogens with zero attached hydrogens (tertiary/aromatic N) is 1. The zero-order chi connectivity index (χ0) is 28.6. The summed E-state index contributed by atoms with van der Waals surface area (Å²) < 4.78 is 18.9. The van der Waals surface area contributed by atoms with Crippen molar-refractivity contribution in [1.82, 2.24) is 10.2 Å². The SMILES string of the molecule is C=C(C)/C(=C\C=C(/C)NCC)C1=C(c2ccc(OC3CCN(CCCF)C3)cc2)c2ccc(N)c(P)c2CCC1.